The number of nitrogens with one attached hydrogen (secondary N) is 1. The van der Waals surface area contributed by atoms with Crippen LogP contribution < -0.4 is 10.2 Å². The van der Waals surface area contributed by atoms with Crippen LogP contribution in [0.15, 0.2) is 54.6 Å². The molecule has 0 radical (unpaired) electrons. The number of anilines is 1. The molecule has 2 aromatic carbocycles. The smallest absolute Gasteiger partial charge is 0.238 e. The average molecular weight is 398 g/mol. The van der Waals surface area contributed by atoms with Gasteiger partial charge in [-0.25, -0.2) is 0 Å². The van der Waals surface area contributed by atoms with Crippen molar-refractivity contribution in [3.8, 4) is 0 Å². The molecule has 1 heterocycles. The van der Waals surface area contributed by atoms with Gasteiger partial charge in [-0.1, -0.05) is 41.9 Å². The lowest BCUT2D eigenvalue weighted by molar-refractivity contribution is -0.144. The largest absolute Gasteiger partial charge is 0.368 e. The molecule has 28 heavy (non-hydrogen) atoms. The van der Waals surface area contributed by atoms with E-state index in [1.165, 1.54) is 5.69 Å². The van der Waals surface area contributed by atoms with Crippen molar-refractivity contribution >= 4 is 29.1 Å². The number of carbonyl (C=O) groups is 2. The molecule has 2 aliphatic rings. The van der Waals surface area contributed by atoms with E-state index in [9.17, 15) is 9.59 Å². The molecule has 0 spiro atoms. The number of hydrogen-bond acceptors (Lipinski definition) is 3. The number of halogens is 1. The van der Waals surface area contributed by atoms with Gasteiger partial charge in [-0.15, -0.1) is 0 Å². The highest BCUT2D eigenvalue weighted by Crippen LogP contribution is 2.47. The molecule has 1 aliphatic heterocycles. The van der Waals surface area contributed by atoms with Crippen molar-refractivity contribution in [3.63, 3.8) is 0 Å². The summed E-state index contributed by atoms with van der Waals surface area (Å²) in [4.78, 5) is 29.9. The molecule has 2 amide bonds. The first kappa shape index (κ1) is 18.8. The molecule has 0 atom stereocenters. The van der Waals surface area contributed by atoms with Crippen molar-refractivity contribution in [2.24, 2.45) is 5.41 Å². The molecule has 0 bridgehead atoms. The molecule has 1 N–H and O–H groups in total. The maximum absolute atomic E-state index is 13.1. The van der Waals surface area contributed by atoms with Crippen molar-refractivity contribution in [3.05, 3.63) is 65.2 Å². The Kier molecular flexibility index (Phi) is 5.27. The lowest BCUT2D eigenvalue weighted by Crippen LogP contribution is -2.53. The average Bonchev–Trinajstić information content (AvgIpc) is 3.55. The summed E-state index contributed by atoms with van der Waals surface area (Å²) in [6.07, 6.45) is 1.27. The maximum Gasteiger partial charge on any atom is 0.238 e. The van der Waals surface area contributed by atoms with Crippen LogP contribution >= 0.6 is 11.6 Å². The lowest BCUT2D eigenvalue weighted by atomic mass is 10.0. The molecule has 146 valence electrons. The van der Waals surface area contributed by atoms with Gasteiger partial charge in [0.2, 0.25) is 11.8 Å². The van der Waals surface area contributed by atoms with Gasteiger partial charge < -0.3 is 15.1 Å². The summed E-state index contributed by atoms with van der Waals surface area (Å²) in [6, 6.07) is 17.6. The summed E-state index contributed by atoms with van der Waals surface area (Å²) in [7, 11) is 0. The highest BCUT2D eigenvalue weighted by Gasteiger charge is 2.58. The molecule has 2 aromatic rings. The number of para-hydroxylation sites is 1. The Labute approximate surface area is 170 Å². The van der Waals surface area contributed by atoms with E-state index in [4.69, 9.17) is 11.6 Å². The van der Waals surface area contributed by atoms with Crippen LogP contribution in [0.5, 0.6) is 0 Å². The minimum atomic E-state index is -0.860. The molecule has 2 fully saturated rings. The highest BCUT2D eigenvalue weighted by atomic mass is 35.5. The van der Waals surface area contributed by atoms with Crippen LogP contribution in [0.25, 0.3) is 0 Å². The maximum atomic E-state index is 13.1. The summed E-state index contributed by atoms with van der Waals surface area (Å²) in [5.41, 5.74) is 1.29. The van der Waals surface area contributed by atoms with Crippen molar-refractivity contribution in [2.45, 2.75) is 19.4 Å². The van der Waals surface area contributed by atoms with E-state index in [1.54, 1.807) is 12.1 Å². The molecular weight excluding hydrogens is 374 g/mol. The van der Waals surface area contributed by atoms with Gasteiger partial charge in [0.1, 0.15) is 5.41 Å². The SMILES string of the molecule is O=C(NCc1ccc(Cl)cc1)C1(C(=O)N2CCN(c3ccccc3)CC2)CC1. The summed E-state index contributed by atoms with van der Waals surface area (Å²) in [5.74, 6) is -0.174. The van der Waals surface area contributed by atoms with E-state index in [-0.39, 0.29) is 11.8 Å². The standard InChI is InChI=1S/C22H24ClN3O2/c23-18-8-6-17(7-9-18)16-24-20(27)22(10-11-22)21(28)26-14-12-25(13-15-26)19-4-2-1-3-5-19/h1-9H,10-16H2,(H,24,27). The monoisotopic (exact) mass is 397 g/mol. The normalized spacial score (nSPS) is 17.9. The third-order valence-electron chi connectivity index (χ3n) is 5.65. The van der Waals surface area contributed by atoms with Crippen LogP contribution in [0.1, 0.15) is 18.4 Å². The van der Waals surface area contributed by atoms with Gasteiger partial charge in [0.15, 0.2) is 0 Å². The number of amides is 2. The molecule has 4 rings (SSSR count). The summed E-state index contributed by atoms with van der Waals surface area (Å²) < 4.78 is 0. The summed E-state index contributed by atoms with van der Waals surface area (Å²) in [5, 5.41) is 3.60. The zero-order valence-corrected chi connectivity index (χ0v) is 16.5. The summed E-state index contributed by atoms with van der Waals surface area (Å²) in [6.45, 7) is 3.29. The molecule has 5 nitrogen and oxygen atoms in total. The van der Waals surface area contributed by atoms with Crippen LogP contribution in [-0.2, 0) is 16.1 Å². The van der Waals surface area contributed by atoms with Crippen LogP contribution in [0.2, 0.25) is 5.02 Å². The Balaban J connectivity index is 1.32. The third-order valence-corrected chi connectivity index (χ3v) is 5.90. The first-order chi connectivity index (χ1) is 13.6. The van der Waals surface area contributed by atoms with E-state index < -0.39 is 5.41 Å². The molecule has 1 saturated heterocycles. The molecule has 1 aliphatic carbocycles. The first-order valence-corrected chi connectivity index (χ1v) is 10.1. The second-order valence-electron chi connectivity index (χ2n) is 7.51. The Morgan fingerprint density at radius 2 is 1.57 bits per heavy atom. The van der Waals surface area contributed by atoms with Gasteiger partial charge in [-0.2, -0.15) is 0 Å². The fraction of sp³-hybridized carbons (Fsp3) is 0.364. The van der Waals surface area contributed by atoms with Crippen molar-refractivity contribution in [2.75, 3.05) is 31.1 Å². The summed E-state index contributed by atoms with van der Waals surface area (Å²) >= 11 is 5.89. The molecule has 0 aromatic heterocycles. The fourth-order valence-corrected chi connectivity index (χ4v) is 3.85. The molecule has 1 saturated carbocycles. The minimum absolute atomic E-state index is 0.0196. The predicted molar refractivity (Wildman–Crippen MR) is 110 cm³/mol. The first-order valence-electron chi connectivity index (χ1n) is 9.71. The number of rotatable bonds is 5. The Morgan fingerprint density at radius 3 is 2.18 bits per heavy atom. The molecule has 6 heteroatoms. The van der Waals surface area contributed by atoms with Gasteiger partial charge in [-0.05, 0) is 42.7 Å². The minimum Gasteiger partial charge on any atom is -0.368 e. The number of benzene rings is 2. The predicted octanol–water partition coefficient (Wildman–Crippen LogP) is 3.09. The zero-order valence-electron chi connectivity index (χ0n) is 15.7. The van der Waals surface area contributed by atoms with E-state index in [0.717, 1.165) is 18.7 Å². The highest BCUT2D eigenvalue weighted by molar-refractivity contribution is 6.30. The Morgan fingerprint density at radius 1 is 0.929 bits per heavy atom. The van der Waals surface area contributed by atoms with E-state index in [0.29, 0.717) is 37.5 Å². The van der Waals surface area contributed by atoms with E-state index >= 15 is 0 Å². The number of hydrogen-bond donors (Lipinski definition) is 1. The lowest BCUT2D eigenvalue weighted by Gasteiger charge is -2.37. The Hall–Kier alpha value is -2.53. The third kappa shape index (κ3) is 3.85. The number of nitrogens with zero attached hydrogens (tertiary/aromatic N) is 2. The van der Waals surface area contributed by atoms with E-state index in [1.807, 2.05) is 35.2 Å². The van der Waals surface area contributed by atoms with Crippen LogP contribution in [0.4, 0.5) is 5.69 Å². The van der Waals surface area contributed by atoms with Crippen LogP contribution in [0, 0.1) is 5.41 Å². The molecular formula is C22H24ClN3O2. The van der Waals surface area contributed by atoms with Crippen LogP contribution in [0.3, 0.4) is 0 Å². The van der Waals surface area contributed by atoms with Crippen molar-refractivity contribution in [1.82, 2.24) is 10.2 Å². The fourth-order valence-electron chi connectivity index (χ4n) is 3.73. The van der Waals surface area contributed by atoms with Crippen molar-refractivity contribution < 1.29 is 9.59 Å². The van der Waals surface area contributed by atoms with Gasteiger partial charge in [0.05, 0.1) is 0 Å². The second-order valence-corrected chi connectivity index (χ2v) is 7.94. The Bertz CT molecular complexity index is 842. The van der Waals surface area contributed by atoms with Gasteiger partial charge >= 0.3 is 0 Å². The number of piperazine rings is 1. The quantitative estimate of drug-likeness (QED) is 0.789. The van der Waals surface area contributed by atoms with Gasteiger partial charge in [0, 0.05) is 43.4 Å². The second kappa shape index (κ2) is 7.84. The van der Waals surface area contributed by atoms with Crippen LogP contribution in [-0.4, -0.2) is 42.9 Å². The van der Waals surface area contributed by atoms with E-state index in [2.05, 4.69) is 22.3 Å². The van der Waals surface area contributed by atoms with Crippen molar-refractivity contribution in [1.29, 1.82) is 0 Å². The number of carbonyl (C=O) groups excluding carboxylic acids is 2. The van der Waals surface area contributed by atoms with Gasteiger partial charge in [0.25, 0.3) is 0 Å². The van der Waals surface area contributed by atoms with Gasteiger partial charge in [-0.3, -0.25) is 9.59 Å². The zero-order chi connectivity index (χ0) is 19.6. The topological polar surface area (TPSA) is 52.7 Å². The molecule has 0 unspecified atom stereocenters.